The molecular formula is C15H19ClF2N2O2. The lowest BCUT2D eigenvalue weighted by Gasteiger charge is -2.35. The van der Waals surface area contributed by atoms with E-state index >= 15 is 0 Å². The van der Waals surface area contributed by atoms with Crippen LogP contribution in [0, 0.1) is 11.6 Å². The molecule has 1 aliphatic heterocycles. The molecule has 1 aromatic carbocycles. The van der Waals surface area contributed by atoms with Crippen LogP contribution in [0.2, 0.25) is 5.02 Å². The fourth-order valence-corrected chi connectivity index (χ4v) is 2.43. The van der Waals surface area contributed by atoms with Gasteiger partial charge < -0.3 is 15.0 Å². The maximum absolute atomic E-state index is 14.1. The van der Waals surface area contributed by atoms with Crippen molar-refractivity contribution in [2.24, 2.45) is 0 Å². The third-order valence-electron chi connectivity index (χ3n) is 3.27. The standard InChI is InChI=1S/C15H19ClF2N2O2/c1-15(2,3)22-14(21)20-7-6-19-11(8-20)9-4-5-10(17)12(16)13(9)18/h4-5,11,19H,6-8H2,1-3H3. The molecule has 7 heteroatoms. The Labute approximate surface area is 133 Å². The van der Waals surface area contributed by atoms with Gasteiger partial charge in [0.25, 0.3) is 0 Å². The molecule has 0 saturated carbocycles. The van der Waals surface area contributed by atoms with Gasteiger partial charge in [0.2, 0.25) is 0 Å². The molecule has 0 aliphatic carbocycles. The molecule has 22 heavy (non-hydrogen) atoms. The van der Waals surface area contributed by atoms with Gasteiger partial charge in [-0.05, 0) is 26.8 Å². The summed E-state index contributed by atoms with van der Waals surface area (Å²) in [5.41, 5.74) is -0.360. The second-order valence-electron chi connectivity index (χ2n) is 6.20. The summed E-state index contributed by atoms with van der Waals surface area (Å²) in [6.45, 7) is 6.52. The minimum atomic E-state index is -0.803. The number of nitrogens with zero attached hydrogens (tertiary/aromatic N) is 1. The topological polar surface area (TPSA) is 41.6 Å². The Morgan fingerprint density at radius 2 is 2.09 bits per heavy atom. The van der Waals surface area contributed by atoms with Crippen LogP contribution in [0.4, 0.5) is 13.6 Å². The molecule has 2 rings (SSSR count). The lowest BCUT2D eigenvalue weighted by atomic mass is 10.0. The van der Waals surface area contributed by atoms with Crippen LogP contribution < -0.4 is 5.32 Å². The second kappa shape index (κ2) is 6.38. The van der Waals surface area contributed by atoms with E-state index in [1.165, 1.54) is 11.0 Å². The summed E-state index contributed by atoms with van der Waals surface area (Å²) in [6.07, 6.45) is -0.451. The van der Waals surface area contributed by atoms with E-state index < -0.39 is 34.4 Å². The Morgan fingerprint density at radius 1 is 1.41 bits per heavy atom. The minimum absolute atomic E-state index is 0.230. The average molecular weight is 333 g/mol. The largest absolute Gasteiger partial charge is 0.444 e. The van der Waals surface area contributed by atoms with Gasteiger partial charge in [-0.3, -0.25) is 0 Å². The van der Waals surface area contributed by atoms with Crippen LogP contribution in [0.5, 0.6) is 0 Å². The fourth-order valence-electron chi connectivity index (χ4n) is 2.26. The molecule has 1 N–H and O–H groups in total. The average Bonchev–Trinajstić information content (AvgIpc) is 2.43. The molecular weight excluding hydrogens is 314 g/mol. The highest BCUT2D eigenvalue weighted by Crippen LogP contribution is 2.28. The number of rotatable bonds is 1. The van der Waals surface area contributed by atoms with Crippen molar-refractivity contribution in [1.82, 2.24) is 10.2 Å². The molecule has 122 valence electrons. The zero-order valence-corrected chi connectivity index (χ0v) is 13.5. The van der Waals surface area contributed by atoms with E-state index in [-0.39, 0.29) is 12.1 Å². The van der Waals surface area contributed by atoms with E-state index in [2.05, 4.69) is 5.32 Å². The molecule has 1 aromatic rings. The maximum atomic E-state index is 14.1. The summed E-state index contributed by atoms with van der Waals surface area (Å²) in [6, 6.07) is 2.00. The summed E-state index contributed by atoms with van der Waals surface area (Å²) in [5, 5.41) is 2.57. The number of halogens is 3. The van der Waals surface area contributed by atoms with E-state index in [0.717, 1.165) is 6.07 Å². The first-order valence-corrected chi connectivity index (χ1v) is 7.41. The Balaban J connectivity index is 2.14. The molecule has 0 aromatic heterocycles. The summed E-state index contributed by atoms with van der Waals surface area (Å²) >= 11 is 5.61. The Bertz CT molecular complexity index is 575. The third kappa shape index (κ3) is 3.87. The number of hydrogen-bond donors (Lipinski definition) is 1. The summed E-state index contributed by atoms with van der Waals surface area (Å²) in [7, 11) is 0. The van der Waals surface area contributed by atoms with Crippen molar-refractivity contribution >= 4 is 17.7 Å². The van der Waals surface area contributed by atoms with Crippen molar-refractivity contribution in [3.05, 3.63) is 34.4 Å². The van der Waals surface area contributed by atoms with Crippen molar-refractivity contribution in [3.63, 3.8) is 0 Å². The van der Waals surface area contributed by atoms with Crippen molar-refractivity contribution in [2.45, 2.75) is 32.4 Å². The Morgan fingerprint density at radius 3 is 2.73 bits per heavy atom. The van der Waals surface area contributed by atoms with Gasteiger partial charge in [0, 0.05) is 25.2 Å². The number of ether oxygens (including phenoxy) is 1. The molecule has 0 bridgehead atoms. The maximum Gasteiger partial charge on any atom is 0.410 e. The molecule has 1 fully saturated rings. The highest BCUT2D eigenvalue weighted by atomic mass is 35.5. The number of amides is 1. The van der Waals surface area contributed by atoms with Crippen LogP contribution in [-0.4, -0.2) is 36.2 Å². The number of benzene rings is 1. The van der Waals surface area contributed by atoms with Crippen LogP contribution in [0.25, 0.3) is 0 Å². The van der Waals surface area contributed by atoms with Crippen LogP contribution >= 0.6 is 11.6 Å². The van der Waals surface area contributed by atoms with Gasteiger partial charge >= 0.3 is 6.09 Å². The van der Waals surface area contributed by atoms with Gasteiger partial charge in [-0.1, -0.05) is 17.7 Å². The van der Waals surface area contributed by atoms with E-state index in [0.29, 0.717) is 13.1 Å². The number of carbonyl (C=O) groups is 1. The monoisotopic (exact) mass is 332 g/mol. The van der Waals surface area contributed by atoms with E-state index in [4.69, 9.17) is 16.3 Å². The van der Waals surface area contributed by atoms with E-state index in [9.17, 15) is 13.6 Å². The van der Waals surface area contributed by atoms with Gasteiger partial charge in [0.1, 0.15) is 22.3 Å². The highest BCUT2D eigenvalue weighted by Gasteiger charge is 2.30. The van der Waals surface area contributed by atoms with Crippen LogP contribution in [0.1, 0.15) is 32.4 Å². The van der Waals surface area contributed by atoms with Gasteiger partial charge in [-0.2, -0.15) is 0 Å². The Hall–Kier alpha value is -1.40. The molecule has 1 heterocycles. The van der Waals surface area contributed by atoms with Crippen molar-refractivity contribution in [1.29, 1.82) is 0 Å². The quantitative estimate of drug-likeness (QED) is 0.800. The zero-order chi connectivity index (χ0) is 16.5. The first-order valence-electron chi connectivity index (χ1n) is 7.04. The molecule has 1 unspecified atom stereocenters. The summed E-state index contributed by atoms with van der Waals surface area (Å²) < 4.78 is 32.7. The molecule has 4 nitrogen and oxygen atoms in total. The molecule has 1 aliphatic rings. The number of nitrogens with one attached hydrogen (secondary N) is 1. The molecule has 1 atom stereocenters. The first-order chi connectivity index (χ1) is 10.2. The van der Waals surface area contributed by atoms with Crippen LogP contribution in [0.3, 0.4) is 0 Å². The highest BCUT2D eigenvalue weighted by molar-refractivity contribution is 6.30. The molecule has 0 spiro atoms. The lowest BCUT2D eigenvalue weighted by Crippen LogP contribution is -2.49. The molecule has 0 radical (unpaired) electrons. The predicted molar refractivity (Wildman–Crippen MR) is 79.9 cm³/mol. The number of piperazine rings is 1. The minimum Gasteiger partial charge on any atom is -0.444 e. The van der Waals surface area contributed by atoms with E-state index in [1.54, 1.807) is 20.8 Å². The van der Waals surface area contributed by atoms with Gasteiger partial charge in [-0.15, -0.1) is 0 Å². The molecule has 1 amide bonds. The normalized spacial score (nSPS) is 19.2. The lowest BCUT2D eigenvalue weighted by molar-refractivity contribution is 0.0193. The van der Waals surface area contributed by atoms with Crippen molar-refractivity contribution < 1.29 is 18.3 Å². The summed E-state index contributed by atoms with van der Waals surface area (Å²) in [4.78, 5) is 13.6. The Kier molecular flexibility index (Phi) is 4.92. The fraction of sp³-hybridized carbons (Fsp3) is 0.533. The van der Waals surface area contributed by atoms with Crippen molar-refractivity contribution in [2.75, 3.05) is 19.6 Å². The second-order valence-corrected chi connectivity index (χ2v) is 6.58. The van der Waals surface area contributed by atoms with Gasteiger partial charge in [0.15, 0.2) is 0 Å². The van der Waals surface area contributed by atoms with E-state index in [1.807, 2.05) is 0 Å². The van der Waals surface area contributed by atoms with Crippen LogP contribution in [-0.2, 0) is 4.74 Å². The smallest absolute Gasteiger partial charge is 0.410 e. The number of hydrogen-bond acceptors (Lipinski definition) is 3. The third-order valence-corrected chi connectivity index (χ3v) is 3.61. The van der Waals surface area contributed by atoms with Gasteiger partial charge in [-0.25, -0.2) is 13.6 Å². The first kappa shape index (κ1) is 17.0. The predicted octanol–water partition coefficient (Wildman–Crippen LogP) is 3.50. The van der Waals surface area contributed by atoms with Crippen molar-refractivity contribution in [3.8, 4) is 0 Å². The number of carbonyl (C=O) groups excluding carboxylic acids is 1. The van der Waals surface area contributed by atoms with Crippen LogP contribution in [0.15, 0.2) is 12.1 Å². The SMILES string of the molecule is CC(C)(C)OC(=O)N1CCNC(c2ccc(F)c(Cl)c2F)C1. The zero-order valence-electron chi connectivity index (χ0n) is 12.8. The summed E-state index contributed by atoms with van der Waals surface area (Å²) in [5.74, 6) is -1.60. The van der Waals surface area contributed by atoms with Gasteiger partial charge in [0.05, 0.1) is 6.04 Å². The molecule has 1 saturated heterocycles.